The lowest BCUT2D eigenvalue weighted by Gasteiger charge is -2.20. The third-order valence-corrected chi connectivity index (χ3v) is 4.09. The Hall–Kier alpha value is -0.780. The summed E-state index contributed by atoms with van der Waals surface area (Å²) in [5.74, 6) is -2.43. The summed E-state index contributed by atoms with van der Waals surface area (Å²) in [4.78, 5) is 23.1. The molecule has 4 atom stereocenters. The van der Waals surface area contributed by atoms with Crippen molar-refractivity contribution in [2.75, 3.05) is 4.43 Å². The molecular formula is C10H12FIN2O5. The van der Waals surface area contributed by atoms with Crippen molar-refractivity contribution in [1.82, 2.24) is 9.13 Å². The van der Waals surface area contributed by atoms with Gasteiger partial charge >= 0.3 is 5.69 Å². The second-order valence-corrected chi connectivity index (χ2v) is 5.03. The zero-order valence-corrected chi connectivity index (χ0v) is 12.0. The number of halogens is 2. The number of alkyl halides is 2. The van der Waals surface area contributed by atoms with Gasteiger partial charge in [-0.15, -0.1) is 0 Å². The van der Waals surface area contributed by atoms with E-state index >= 15 is 0 Å². The Bertz CT molecular complexity index is 602. The van der Waals surface area contributed by atoms with Crippen LogP contribution >= 0.6 is 22.6 Å². The number of hydrogen-bond acceptors (Lipinski definition) is 5. The molecular weight excluding hydrogens is 374 g/mol. The highest BCUT2D eigenvalue weighted by molar-refractivity contribution is 14.1. The van der Waals surface area contributed by atoms with Crippen LogP contribution in [0.2, 0.25) is 0 Å². The monoisotopic (exact) mass is 386 g/mol. The van der Waals surface area contributed by atoms with Crippen molar-refractivity contribution >= 4 is 22.6 Å². The number of aliphatic hydroxyl groups excluding tert-OH is 2. The van der Waals surface area contributed by atoms with Crippen molar-refractivity contribution < 1.29 is 19.3 Å². The van der Waals surface area contributed by atoms with Gasteiger partial charge in [-0.3, -0.25) is 13.9 Å². The van der Waals surface area contributed by atoms with Gasteiger partial charge < -0.3 is 14.9 Å². The summed E-state index contributed by atoms with van der Waals surface area (Å²) in [6.45, 7) is 0. The Morgan fingerprint density at radius 3 is 2.68 bits per heavy atom. The molecule has 2 heterocycles. The highest BCUT2D eigenvalue weighted by Crippen LogP contribution is 2.38. The van der Waals surface area contributed by atoms with Crippen molar-refractivity contribution in [2.24, 2.45) is 7.05 Å². The van der Waals surface area contributed by atoms with Crippen LogP contribution in [-0.4, -0.2) is 41.8 Å². The van der Waals surface area contributed by atoms with Crippen LogP contribution < -0.4 is 11.2 Å². The molecule has 7 nitrogen and oxygen atoms in total. The first-order valence-electron chi connectivity index (χ1n) is 5.39. The molecule has 0 radical (unpaired) electrons. The fraction of sp³-hybridized carbons (Fsp3) is 0.600. The maximum atomic E-state index is 14.1. The molecule has 9 heteroatoms. The Kier molecular flexibility index (Phi) is 3.82. The topological polar surface area (TPSA) is 93.7 Å². The van der Waals surface area contributed by atoms with Crippen LogP contribution in [0.25, 0.3) is 0 Å². The van der Waals surface area contributed by atoms with E-state index in [4.69, 9.17) is 4.74 Å². The minimum atomic E-state index is -2.43. The van der Waals surface area contributed by atoms with E-state index in [1.54, 1.807) is 22.6 Å². The summed E-state index contributed by atoms with van der Waals surface area (Å²) >= 11 is 1.67. The van der Waals surface area contributed by atoms with Crippen LogP contribution in [0.3, 0.4) is 0 Å². The van der Waals surface area contributed by atoms with Gasteiger partial charge in [-0.2, -0.15) is 0 Å². The van der Waals surface area contributed by atoms with Gasteiger partial charge in [0.05, 0.1) is 4.43 Å². The third-order valence-electron chi connectivity index (χ3n) is 3.05. The average Bonchev–Trinajstić information content (AvgIpc) is 2.62. The number of aliphatic hydroxyl groups is 2. The normalized spacial score (nSPS) is 34.7. The van der Waals surface area contributed by atoms with E-state index in [0.29, 0.717) is 0 Å². The molecule has 0 saturated carbocycles. The molecule has 106 valence electrons. The van der Waals surface area contributed by atoms with Crippen molar-refractivity contribution in [2.45, 2.75) is 24.3 Å². The van der Waals surface area contributed by atoms with Crippen LogP contribution in [0.5, 0.6) is 0 Å². The molecule has 2 rings (SSSR count). The average molecular weight is 386 g/mol. The molecule has 0 spiro atoms. The molecule has 0 unspecified atom stereocenters. The first-order chi connectivity index (χ1) is 8.81. The molecule has 0 bridgehead atoms. The van der Waals surface area contributed by atoms with E-state index < -0.39 is 35.5 Å². The van der Waals surface area contributed by atoms with E-state index in [9.17, 15) is 24.2 Å². The van der Waals surface area contributed by atoms with Gasteiger partial charge in [0, 0.05) is 19.3 Å². The lowest BCUT2D eigenvalue weighted by atomic mass is 10.1. The Morgan fingerprint density at radius 1 is 1.53 bits per heavy atom. The molecule has 1 aromatic rings. The molecule has 0 aliphatic carbocycles. The number of nitrogens with zero attached hydrogens (tertiary/aromatic N) is 2. The Morgan fingerprint density at radius 2 is 2.16 bits per heavy atom. The number of rotatable bonds is 2. The predicted octanol–water partition coefficient (Wildman–Crippen LogP) is -1.10. The molecule has 1 fully saturated rings. The standard InChI is InChI=1S/C10H12FIN2O5/c1-13-5(15)2-3-14(9(13)18)8-6(16)7(17)10(11,4-12)19-8/h2-3,6-8,16-17H,4H2,1H3/t6-,7+,8-,10-/m1/s1. The summed E-state index contributed by atoms with van der Waals surface area (Å²) in [6.07, 6.45) is -3.65. The maximum absolute atomic E-state index is 14.1. The van der Waals surface area contributed by atoms with Gasteiger partial charge in [0.2, 0.25) is 5.85 Å². The van der Waals surface area contributed by atoms with Crippen LogP contribution in [-0.2, 0) is 11.8 Å². The molecule has 2 N–H and O–H groups in total. The first kappa shape index (κ1) is 14.6. The van der Waals surface area contributed by atoms with Gasteiger partial charge in [0.15, 0.2) is 6.23 Å². The van der Waals surface area contributed by atoms with Crippen molar-refractivity contribution in [1.29, 1.82) is 0 Å². The molecule has 0 amide bonds. The van der Waals surface area contributed by atoms with Crippen LogP contribution in [0, 0.1) is 0 Å². The number of ether oxygens (including phenoxy) is 1. The molecule has 19 heavy (non-hydrogen) atoms. The molecule has 1 saturated heterocycles. The second-order valence-electron chi connectivity index (χ2n) is 4.27. The van der Waals surface area contributed by atoms with E-state index in [0.717, 1.165) is 21.4 Å². The second kappa shape index (κ2) is 4.96. The van der Waals surface area contributed by atoms with Crippen molar-refractivity contribution in [3.05, 3.63) is 33.1 Å². The maximum Gasteiger partial charge on any atom is 0.332 e. The fourth-order valence-electron chi connectivity index (χ4n) is 1.86. The fourth-order valence-corrected chi connectivity index (χ4v) is 2.49. The van der Waals surface area contributed by atoms with Crippen LogP contribution in [0.4, 0.5) is 4.39 Å². The Labute approximate surface area is 120 Å². The quantitative estimate of drug-likeness (QED) is 0.497. The highest BCUT2D eigenvalue weighted by atomic mass is 127. The van der Waals surface area contributed by atoms with Gasteiger partial charge in [0.25, 0.3) is 5.56 Å². The summed E-state index contributed by atoms with van der Waals surface area (Å²) < 4.78 is 20.5. The Balaban J connectivity index is 2.48. The predicted molar refractivity (Wildman–Crippen MR) is 70.8 cm³/mol. The molecule has 1 aliphatic heterocycles. The van der Waals surface area contributed by atoms with Crippen molar-refractivity contribution in [3.8, 4) is 0 Å². The minimum absolute atomic E-state index is 0.208. The first-order valence-corrected chi connectivity index (χ1v) is 6.91. The summed E-state index contributed by atoms with van der Waals surface area (Å²) in [5, 5.41) is 19.4. The zero-order valence-electron chi connectivity index (χ0n) is 9.86. The summed E-state index contributed by atoms with van der Waals surface area (Å²) in [6, 6.07) is 1.09. The largest absolute Gasteiger partial charge is 0.385 e. The lowest BCUT2D eigenvalue weighted by molar-refractivity contribution is -0.169. The van der Waals surface area contributed by atoms with Gasteiger partial charge in [-0.1, -0.05) is 22.6 Å². The van der Waals surface area contributed by atoms with E-state index in [1.807, 2.05) is 0 Å². The zero-order chi connectivity index (χ0) is 14.4. The van der Waals surface area contributed by atoms with Crippen LogP contribution in [0.1, 0.15) is 6.23 Å². The molecule has 1 aliphatic rings. The van der Waals surface area contributed by atoms with E-state index in [2.05, 4.69) is 0 Å². The number of hydrogen-bond donors (Lipinski definition) is 2. The number of aromatic nitrogens is 2. The summed E-state index contributed by atoms with van der Waals surface area (Å²) in [7, 11) is 1.25. The lowest BCUT2D eigenvalue weighted by Crippen LogP contribution is -2.42. The summed E-state index contributed by atoms with van der Waals surface area (Å²) in [5.41, 5.74) is -1.30. The van der Waals surface area contributed by atoms with Gasteiger partial charge in [-0.05, 0) is 0 Å². The van der Waals surface area contributed by atoms with Gasteiger partial charge in [0.1, 0.15) is 12.2 Å². The smallest absolute Gasteiger partial charge is 0.332 e. The van der Waals surface area contributed by atoms with Crippen molar-refractivity contribution in [3.63, 3.8) is 0 Å². The highest BCUT2D eigenvalue weighted by Gasteiger charge is 2.55. The van der Waals surface area contributed by atoms with E-state index in [-0.39, 0.29) is 4.43 Å². The third kappa shape index (κ3) is 2.24. The minimum Gasteiger partial charge on any atom is -0.385 e. The molecule has 1 aromatic heterocycles. The van der Waals surface area contributed by atoms with Crippen LogP contribution in [0.15, 0.2) is 21.9 Å². The molecule has 0 aromatic carbocycles. The van der Waals surface area contributed by atoms with E-state index in [1.165, 1.54) is 7.05 Å². The SMILES string of the molecule is Cn1c(=O)ccn([C@@H]2O[C@](F)(CI)[C@@H](O)[C@H]2O)c1=O. The van der Waals surface area contributed by atoms with Gasteiger partial charge in [-0.25, -0.2) is 9.18 Å².